The molecule has 0 spiro atoms. The number of nitrogens with one attached hydrogen (secondary N) is 2. The third kappa shape index (κ3) is 3.51. The van der Waals surface area contributed by atoms with Crippen LogP contribution in [-0.4, -0.2) is 25.0 Å². The molecule has 1 heterocycles. The van der Waals surface area contributed by atoms with E-state index in [1.165, 1.54) is 6.07 Å². The largest absolute Gasteiger partial charge is 0.490 e. The molecule has 2 aromatic rings. The number of ether oxygens (including phenoxy) is 1. The highest BCUT2D eigenvalue weighted by atomic mass is 19.1. The van der Waals surface area contributed by atoms with Gasteiger partial charge >= 0.3 is 0 Å². The van der Waals surface area contributed by atoms with Crippen LogP contribution in [0.3, 0.4) is 0 Å². The molecule has 0 radical (unpaired) electrons. The molecule has 0 aliphatic carbocycles. The molecule has 1 atom stereocenters. The van der Waals surface area contributed by atoms with Crippen molar-refractivity contribution in [1.82, 2.24) is 5.32 Å². The van der Waals surface area contributed by atoms with Crippen molar-refractivity contribution in [2.24, 2.45) is 0 Å². The highest BCUT2D eigenvalue weighted by Gasteiger charge is 2.18. The van der Waals surface area contributed by atoms with Gasteiger partial charge in [0.25, 0.3) is 0 Å². The van der Waals surface area contributed by atoms with E-state index in [1.807, 2.05) is 0 Å². The first kappa shape index (κ1) is 15.5. The lowest BCUT2D eigenvalue weighted by Crippen LogP contribution is -2.33. The van der Waals surface area contributed by atoms with Crippen molar-refractivity contribution in [3.05, 3.63) is 59.4 Å². The Morgan fingerprint density at radius 1 is 1.35 bits per heavy atom. The second-order valence-corrected chi connectivity index (χ2v) is 5.54. The van der Waals surface area contributed by atoms with E-state index in [-0.39, 0.29) is 11.6 Å². The van der Waals surface area contributed by atoms with E-state index in [0.29, 0.717) is 24.3 Å². The number of halogens is 1. The van der Waals surface area contributed by atoms with Crippen LogP contribution in [0.4, 0.5) is 10.1 Å². The summed E-state index contributed by atoms with van der Waals surface area (Å²) in [6.45, 7) is 3.45. The standard InChI is InChI=1S/C18H19FN2O2/c1-12(21-11-14-4-2-3-5-15(14)19)18(22)13-6-7-17-16(10-13)20-8-9-23-17/h2-7,10,12,20-21H,8-9,11H2,1H3. The topological polar surface area (TPSA) is 50.4 Å². The fourth-order valence-electron chi connectivity index (χ4n) is 2.54. The summed E-state index contributed by atoms with van der Waals surface area (Å²) in [5.41, 5.74) is 1.99. The van der Waals surface area contributed by atoms with Crippen LogP contribution in [-0.2, 0) is 6.54 Å². The Hall–Kier alpha value is -2.40. The zero-order chi connectivity index (χ0) is 16.2. The Morgan fingerprint density at radius 3 is 3.00 bits per heavy atom. The van der Waals surface area contributed by atoms with Crippen molar-refractivity contribution < 1.29 is 13.9 Å². The van der Waals surface area contributed by atoms with Gasteiger partial charge in [-0.3, -0.25) is 4.79 Å². The second-order valence-electron chi connectivity index (χ2n) is 5.54. The molecule has 2 N–H and O–H groups in total. The first-order valence-corrected chi connectivity index (χ1v) is 7.67. The number of hydrogen-bond donors (Lipinski definition) is 2. The molecule has 0 amide bonds. The molecule has 5 heteroatoms. The van der Waals surface area contributed by atoms with Crippen LogP contribution in [0, 0.1) is 5.82 Å². The van der Waals surface area contributed by atoms with Gasteiger partial charge in [-0.1, -0.05) is 18.2 Å². The Bertz CT molecular complexity index is 718. The number of ketones is 1. The molecule has 0 saturated heterocycles. The normalized spacial score (nSPS) is 14.3. The number of rotatable bonds is 5. The molecular formula is C18H19FN2O2. The summed E-state index contributed by atoms with van der Waals surface area (Å²) in [6, 6.07) is 11.5. The second kappa shape index (κ2) is 6.79. The predicted octanol–water partition coefficient (Wildman–Crippen LogP) is 2.99. The number of carbonyl (C=O) groups excluding carboxylic acids is 1. The Morgan fingerprint density at radius 2 is 2.17 bits per heavy atom. The third-order valence-electron chi connectivity index (χ3n) is 3.89. The summed E-state index contributed by atoms with van der Waals surface area (Å²) in [4.78, 5) is 12.5. The summed E-state index contributed by atoms with van der Waals surface area (Å²) >= 11 is 0. The summed E-state index contributed by atoms with van der Waals surface area (Å²) in [7, 11) is 0. The fraction of sp³-hybridized carbons (Fsp3) is 0.278. The first-order chi connectivity index (χ1) is 11.1. The molecule has 0 aromatic heterocycles. The van der Waals surface area contributed by atoms with Crippen LogP contribution in [0.1, 0.15) is 22.8 Å². The predicted molar refractivity (Wildman–Crippen MR) is 87.5 cm³/mol. The average Bonchev–Trinajstić information content (AvgIpc) is 2.59. The molecule has 23 heavy (non-hydrogen) atoms. The monoisotopic (exact) mass is 314 g/mol. The van der Waals surface area contributed by atoms with E-state index in [1.54, 1.807) is 43.3 Å². The molecule has 1 aliphatic rings. The van der Waals surface area contributed by atoms with Crippen molar-refractivity contribution in [2.75, 3.05) is 18.5 Å². The minimum Gasteiger partial charge on any atom is -0.490 e. The number of fused-ring (bicyclic) bond motifs is 1. The Labute approximate surface area is 134 Å². The Kier molecular flexibility index (Phi) is 4.57. The van der Waals surface area contributed by atoms with Gasteiger partial charge in [0.15, 0.2) is 5.78 Å². The fourth-order valence-corrected chi connectivity index (χ4v) is 2.54. The van der Waals surface area contributed by atoms with Gasteiger partial charge in [0, 0.05) is 24.2 Å². The summed E-state index contributed by atoms with van der Waals surface area (Å²) in [5.74, 6) is 0.464. The van der Waals surface area contributed by atoms with Crippen molar-refractivity contribution in [3.8, 4) is 5.75 Å². The van der Waals surface area contributed by atoms with E-state index in [0.717, 1.165) is 18.0 Å². The highest BCUT2D eigenvalue weighted by molar-refractivity contribution is 6.01. The number of Topliss-reactive ketones (excluding diaryl/α,β-unsaturated/α-hetero) is 1. The number of hydrogen-bond acceptors (Lipinski definition) is 4. The van der Waals surface area contributed by atoms with Crippen LogP contribution < -0.4 is 15.4 Å². The molecule has 1 aliphatic heterocycles. The van der Waals surface area contributed by atoms with E-state index in [2.05, 4.69) is 10.6 Å². The Balaban J connectivity index is 1.66. The molecule has 2 aromatic carbocycles. The van der Waals surface area contributed by atoms with Gasteiger partial charge in [0.1, 0.15) is 18.2 Å². The van der Waals surface area contributed by atoms with Gasteiger partial charge in [-0.2, -0.15) is 0 Å². The lowest BCUT2D eigenvalue weighted by molar-refractivity contribution is 0.0950. The zero-order valence-electron chi connectivity index (χ0n) is 12.9. The van der Waals surface area contributed by atoms with Gasteiger partial charge in [0.05, 0.1) is 11.7 Å². The van der Waals surface area contributed by atoms with Crippen molar-refractivity contribution in [2.45, 2.75) is 19.5 Å². The maximum atomic E-state index is 13.6. The molecule has 3 rings (SSSR count). The molecule has 0 bridgehead atoms. The van der Waals surface area contributed by atoms with E-state index >= 15 is 0 Å². The highest BCUT2D eigenvalue weighted by Crippen LogP contribution is 2.28. The van der Waals surface area contributed by atoms with Crippen LogP contribution in [0.25, 0.3) is 0 Å². The number of anilines is 1. The maximum Gasteiger partial charge on any atom is 0.179 e. The van der Waals surface area contributed by atoms with Crippen molar-refractivity contribution in [3.63, 3.8) is 0 Å². The maximum absolute atomic E-state index is 13.6. The summed E-state index contributed by atoms with van der Waals surface area (Å²) < 4.78 is 19.1. The lowest BCUT2D eigenvalue weighted by Gasteiger charge is -2.20. The summed E-state index contributed by atoms with van der Waals surface area (Å²) in [5, 5.41) is 6.29. The smallest absolute Gasteiger partial charge is 0.179 e. The van der Waals surface area contributed by atoms with Gasteiger partial charge in [-0.15, -0.1) is 0 Å². The SMILES string of the molecule is CC(NCc1ccccc1F)C(=O)c1ccc2c(c1)NCCO2. The first-order valence-electron chi connectivity index (χ1n) is 7.67. The summed E-state index contributed by atoms with van der Waals surface area (Å²) in [6.07, 6.45) is 0. The van der Waals surface area contributed by atoms with Crippen molar-refractivity contribution >= 4 is 11.5 Å². The van der Waals surface area contributed by atoms with Crippen LogP contribution in [0.5, 0.6) is 5.75 Å². The minimum atomic E-state index is -0.405. The molecule has 0 saturated carbocycles. The van der Waals surface area contributed by atoms with Gasteiger partial charge in [0.2, 0.25) is 0 Å². The quantitative estimate of drug-likeness (QED) is 0.833. The molecule has 120 valence electrons. The van der Waals surface area contributed by atoms with E-state index < -0.39 is 6.04 Å². The van der Waals surface area contributed by atoms with Gasteiger partial charge in [-0.25, -0.2) is 4.39 Å². The van der Waals surface area contributed by atoms with E-state index in [4.69, 9.17) is 4.74 Å². The third-order valence-corrected chi connectivity index (χ3v) is 3.89. The van der Waals surface area contributed by atoms with Crippen molar-refractivity contribution in [1.29, 1.82) is 0 Å². The lowest BCUT2D eigenvalue weighted by atomic mass is 10.0. The minimum absolute atomic E-state index is 0.0310. The van der Waals surface area contributed by atoms with Gasteiger partial charge < -0.3 is 15.4 Å². The average molecular weight is 314 g/mol. The van der Waals surface area contributed by atoms with Crippen LogP contribution in [0.15, 0.2) is 42.5 Å². The van der Waals surface area contributed by atoms with Crippen LogP contribution in [0.2, 0.25) is 0 Å². The molecular weight excluding hydrogens is 295 g/mol. The van der Waals surface area contributed by atoms with E-state index in [9.17, 15) is 9.18 Å². The molecule has 0 fully saturated rings. The molecule has 1 unspecified atom stereocenters. The number of benzene rings is 2. The zero-order valence-corrected chi connectivity index (χ0v) is 12.9. The molecule has 4 nitrogen and oxygen atoms in total. The number of carbonyl (C=O) groups is 1. The van der Waals surface area contributed by atoms with Crippen LogP contribution >= 0.6 is 0 Å². The van der Waals surface area contributed by atoms with Gasteiger partial charge in [-0.05, 0) is 31.2 Å².